The summed E-state index contributed by atoms with van der Waals surface area (Å²) in [7, 11) is 1.58. The molecule has 4 rings (SSSR count). The summed E-state index contributed by atoms with van der Waals surface area (Å²) < 4.78 is 17.8. The van der Waals surface area contributed by atoms with E-state index in [1.807, 2.05) is 13.8 Å². The Labute approximate surface area is 183 Å². The van der Waals surface area contributed by atoms with Gasteiger partial charge < -0.3 is 19.3 Å². The van der Waals surface area contributed by atoms with Crippen LogP contribution in [0.2, 0.25) is 0 Å². The highest BCUT2D eigenvalue weighted by atomic mass is 16.5. The van der Waals surface area contributed by atoms with Gasteiger partial charge in [0.1, 0.15) is 29.3 Å². The number of fused-ring (bicyclic) bond motifs is 3. The van der Waals surface area contributed by atoms with E-state index >= 15 is 0 Å². The van der Waals surface area contributed by atoms with Crippen LogP contribution in [0, 0.1) is 24.2 Å². The number of carboxylic acids is 1. The van der Waals surface area contributed by atoms with E-state index in [1.54, 1.807) is 7.11 Å². The van der Waals surface area contributed by atoms with Gasteiger partial charge in [0.05, 0.1) is 7.11 Å². The summed E-state index contributed by atoms with van der Waals surface area (Å²) in [5.41, 5.74) is 3.53. The molecule has 1 aromatic rings. The molecule has 0 bridgehead atoms. The fourth-order valence-corrected chi connectivity index (χ4v) is 6.51. The zero-order valence-corrected chi connectivity index (χ0v) is 19.1. The van der Waals surface area contributed by atoms with Gasteiger partial charge in [-0.15, -0.1) is 0 Å². The number of allylic oxidation sites excluding steroid dienone is 1. The minimum Gasteiger partial charge on any atom is -0.495 e. The molecular weight excluding hydrogens is 396 g/mol. The second kappa shape index (κ2) is 7.28. The molecule has 31 heavy (non-hydrogen) atoms. The van der Waals surface area contributed by atoms with E-state index < -0.39 is 11.6 Å². The van der Waals surface area contributed by atoms with Crippen LogP contribution in [-0.4, -0.2) is 29.8 Å². The van der Waals surface area contributed by atoms with E-state index in [9.17, 15) is 14.7 Å². The van der Waals surface area contributed by atoms with Gasteiger partial charge in [-0.3, -0.25) is 4.79 Å². The number of methoxy groups -OCH3 is 1. The SMILES string of the molecule is C=C(C)[C@@H]1CC[C@]2(C)Oc3c(C)c4c(c(OC)c3C[C@@H]2[C@@]1(C)CCC(=O)O)C(=O)OC4. The Morgan fingerprint density at radius 1 is 1.32 bits per heavy atom. The van der Waals surface area contributed by atoms with Crippen LogP contribution in [-0.2, 0) is 22.6 Å². The van der Waals surface area contributed by atoms with Crippen molar-refractivity contribution in [2.75, 3.05) is 7.11 Å². The molecule has 6 nitrogen and oxygen atoms in total. The monoisotopic (exact) mass is 428 g/mol. The predicted molar refractivity (Wildman–Crippen MR) is 116 cm³/mol. The summed E-state index contributed by atoms with van der Waals surface area (Å²) >= 11 is 0. The van der Waals surface area contributed by atoms with Gasteiger partial charge in [0.2, 0.25) is 0 Å². The summed E-state index contributed by atoms with van der Waals surface area (Å²) in [6.45, 7) is 12.8. The lowest BCUT2D eigenvalue weighted by Gasteiger charge is -2.58. The molecule has 168 valence electrons. The first-order valence-electron chi connectivity index (χ1n) is 11.0. The summed E-state index contributed by atoms with van der Waals surface area (Å²) in [5.74, 6) is 0.455. The molecule has 0 saturated heterocycles. The van der Waals surface area contributed by atoms with Crippen molar-refractivity contribution in [1.82, 2.24) is 0 Å². The maximum absolute atomic E-state index is 12.5. The highest BCUT2D eigenvalue weighted by Gasteiger charge is 2.57. The van der Waals surface area contributed by atoms with Gasteiger partial charge >= 0.3 is 11.9 Å². The fourth-order valence-electron chi connectivity index (χ4n) is 6.51. The molecule has 1 fully saturated rings. The minimum atomic E-state index is -0.792. The molecule has 0 aromatic heterocycles. The van der Waals surface area contributed by atoms with Crippen molar-refractivity contribution >= 4 is 11.9 Å². The van der Waals surface area contributed by atoms with Crippen LogP contribution in [0.1, 0.15) is 73.5 Å². The van der Waals surface area contributed by atoms with Crippen LogP contribution in [0.25, 0.3) is 0 Å². The van der Waals surface area contributed by atoms with Crippen molar-refractivity contribution in [3.63, 3.8) is 0 Å². The smallest absolute Gasteiger partial charge is 0.342 e. The minimum absolute atomic E-state index is 0.0612. The van der Waals surface area contributed by atoms with Crippen molar-refractivity contribution in [3.05, 3.63) is 34.4 Å². The quantitative estimate of drug-likeness (QED) is 0.534. The summed E-state index contributed by atoms with van der Waals surface area (Å²) in [4.78, 5) is 23.9. The number of benzene rings is 1. The van der Waals surface area contributed by atoms with E-state index in [-0.39, 0.29) is 36.2 Å². The van der Waals surface area contributed by atoms with Crippen LogP contribution in [0.3, 0.4) is 0 Å². The number of esters is 1. The molecule has 0 amide bonds. The van der Waals surface area contributed by atoms with Crippen LogP contribution < -0.4 is 9.47 Å². The highest BCUT2D eigenvalue weighted by molar-refractivity contribution is 5.98. The number of rotatable bonds is 5. The fraction of sp³-hybridized carbons (Fsp3) is 0.600. The van der Waals surface area contributed by atoms with Gasteiger partial charge in [0.15, 0.2) is 0 Å². The van der Waals surface area contributed by atoms with Gasteiger partial charge in [-0.2, -0.15) is 0 Å². The number of carboxylic acid groups (broad SMARTS) is 1. The standard InChI is InChI=1S/C25H32O6/c1-13(2)17-7-10-25(5)18(24(17,4)9-8-19(26)27)11-15-21(31-25)14(3)16-12-30-23(28)20(16)22(15)29-6/h17-18H,1,7-12H2,2-6H3,(H,26,27)/t17-,18+,24-,25-/m0/s1. The average molecular weight is 429 g/mol. The topological polar surface area (TPSA) is 82.1 Å². The molecule has 1 aliphatic carbocycles. The van der Waals surface area contributed by atoms with Gasteiger partial charge in [-0.25, -0.2) is 4.79 Å². The number of aliphatic carboxylic acids is 1. The van der Waals surface area contributed by atoms with E-state index in [4.69, 9.17) is 14.2 Å². The number of ether oxygens (including phenoxy) is 3. The lowest BCUT2D eigenvalue weighted by atomic mass is 9.51. The Bertz CT molecular complexity index is 979. The summed E-state index contributed by atoms with van der Waals surface area (Å²) in [5, 5.41) is 9.43. The van der Waals surface area contributed by atoms with Crippen molar-refractivity contribution in [2.24, 2.45) is 17.3 Å². The van der Waals surface area contributed by atoms with E-state index in [2.05, 4.69) is 20.4 Å². The molecule has 3 aliphatic rings. The largest absolute Gasteiger partial charge is 0.495 e. The predicted octanol–water partition coefficient (Wildman–Crippen LogP) is 4.84. The van der Waals surface area contributed by atoms with Crippen molar-refractivity contribution < 1.29 is 28.9 Å². The number of cyclic esters (lactones) is 1. The maximum atomic E-state index is 12.5. The van der Waals surface area contributed by atoms with Gasteiger partial charge in [0, 0.05) is 23.5 Å². The maximum Gasteiger partial charge on any atom is 0.342 e. The number of carbonyl (C=O) groups is 2. The number of carbonyl (C=O) groups excluding carboxylic acids is 1. The van der Waals surface area contributed by atoms with E-state index in [0.717, 1.165) is 40.9 Å². The summed E-state index contributed by atoms with van der Waals surface area (Å²) in [6, 6.07) is 0. The Morgan fingerprint density at radius 3 is 2.65 bits per heavy atom. The average Bonchev–Trinajstić information content (AvgIpc) is 3.08. The molecule has 2 heterocycles. The van der Waals surface area contributed by atoms with E-state index in [0.29, 0.717) is 24.2 Å². The second-order valence-electron chi connectivity index (χ2n) is 9.90. The lowest BCUT2D eigenvalue weighted by molar-refractivity contribution is -0.142. The molecule has 0 spiro atoms. The first-order valence-corrected chi connectivity index (χ1v) is 11.0. The molecule has 2 aliphatic heterocycles. The normalized spacial score (nSPS) is 31.1. The molecule has 1 N–H and O–H groups in total. The number of hydrogen-bond acceptors (Lipinski definition) is 5. The molecule has 1 saturated carbocycles. The molecule has 1 aromatic carbocycles. The Hall–Kier alpha value is -2.50. The van der Waals surface area contributed by atoms with Gasteiger partial charge in [-0.1, -0.05) is 19.1 Å². The van der Waals surface area contributed by atoms with Crippen LogP contribution >= 0.6 is 0 Å². The zero-order valence-electron chi connectivity index (χ0n) is 19.1. The zero-order chi connectivity index (χ0) is 22.7. The van der Waals surface area contributed by atoms with Crippen molar-refractivity contribution in [1.29, 1.82) is 0 Å². The first-order chi connectivity index (χ1) is 14.5. The Kier molecular flexibility index (Phi) is 5.10. The molecule has 4 atom stereocenters. The third-order valence-electron chi connectivity index (χ3n) is 8.10. The molecule has 6 heteroatoms. The van der Waals surface area contributed by atoms with Crippen molar-refractivity contribution in [2.45, 2.75) is 72.0 Å². The second-order valence-corrected chi connectivity index (χ2v) is 9.90. The molecule has 0 radical (unpaired) electrons. The van der Waals surface area contributed by atoms with E-state index in [1.165, 1.54) is 0 Å². The Balaban J connectivity index is 1.87. The van der Waals surface area contributed by atoms with Crippen molar-refractivity contribution in [3.8, 4) is 11.5 Å². The third-order valence-corrected chi connectivity index (χ3v) is 8.10. The molecule has 0 unspecified atom stereocenters. The molecular formula is C25H32O6. The van der Waals surface area contributed by atoms with Crippen LogP contribution in [0.15, 0.2) is 12.2 Å². The highest BCUT2D eigenvalue weighted by Crippen LogP contribution is 2.61. The number of hydrogen-bond donors (Lipinski definition) is 1. The van der Waals surface area contributed by atoms with Gasteiger partial charge in [-0.05, 0) is 63.4 Å². The first kappa shape index (κ1) is 21.7. The lowest BCUT2D eigenvalue weighted by Crippen LogP contribution is -2.58. The van der Waals surface area contributed by atoms with Crippen LogP contribution in [0.5, 0.6) is 11.5 Å². The Morgan fingerprint density at radius 2 is 2.03 bits per heavy atom. The van der Waals surface area contributed by atoms with Gasteiger partial charge in [0.25, 0.3) is 0 Å². The van der Waals surface area contributed by atoms with Crippen LogP contribution in [0.4, 0.5) is 0 Å². The third kappa shape index (κ3) is 3.14. The summed E-state index contributed by atoms with van der Waals surface area (Å²) in [6.07, 6.45) is 3.10.